The zero-order valence-corrected chi connectivity index (χ0v) is 11.1. The minimum absolute atomic E-state index is 0.0134. The van der Waals surface area contributed by atoms with Crippen LogP contribution in [0.25, 0.3) is 0 Å². The summed E-state index contributed by atoms with van der Waals surface area (Å²) >= 11 is 0. The Morgan fingerprint density at radius 3 is 2.11 bits per heavy atom. The molecule has 0 atom stereocenters. The molecule has 4 amide bonds. The normalized spacial score (nSPS) is 28.0. The lowest BCUT2D eigenvalue weighted by atomic mass is 9.66. The first kappa shape index (κ1) is 12.6. The fourth-order valence-corrected chi connectivity index (χ4v) is 3.52. The molecule has 5 nitrogen and oxygen atoms in total. The van der Waals surface area contributed by atoms with E-state index in [0.29, 0.717) is 12.8 Å². The fraction of sp³-hybridized carbons (Fsp3) is 0.786. The highest BCUT2D eigenvalue weighted by atomic mass is 16.2. The van der Waals surface area contributed by atoms with E-state index >= 15 is 0 Å². The van der Waals surface area contributed by atoms with Crippen molar-refractivity contribution in [2.24, 2.45) is 5.41 Å². The SMILES string of the molecule is O=C1NC(=O)C2(CCC2)C(=O)N1C1CCCCCC1. The van der Waals surface area contributed by atoms with Gasteiger partial charge < -0.3 is 0 Å². The van der Waals surface area contributed by atoms with E-state index in [-0.39, 0.29) is 17.9 Å². The highest BCUT2D eigenvalue weighted by molar-refractivity contribution is 6.19. The number of carbonyl (C=O) groups is 3. The lowest BCUT2D eigenvalue weighted by Crippen LogP contribution is -2.68. The molecule has 3 rings (SSSR count). The van der Waals surface area contributed by atoms with Crippen LogP contribution in [-0.2, 0) is 9.59 Å². The number of carbonyl (C=O) groups excluding carboxylic acids is 3. The van der Waals surface area contributed by atoms with Crippen LogP contribution in [0.4, 0.5) is 4.79 Å². The van der Waals surface area contributed by atoms with Gasteiger partial charge in [0.05, 0.1) is 0 Å². The van der Waals surface area contributed by atoms with Crippen LogP contribution in [-0.4, -0.2) is 28.8 Å². The van der Waals surface area contributed by atoms with Crippen molar-refractivity contribution in [2.45, 2.75) is 63.8 Å². The van der Waals surface area contributed by atoms with Crippen LogP contribution >= 0.6 is 0 Å². The van der Waals surface area contributed by atoms with E-state index in [0.717, 1.165) is 32.1 Å². The van der Waals surface area contributed by atoms with Crippen molar-refractivity contribution in [2.75, 3.05) is 0 Å². The number of nitrogens with zero attached hydrogens (tertiary/aromatic N) is 1. The van der Waals surface area contributed by atoms with Gasteiger partial charge in [-0.1, -0.05) is 32.1 Å². The predicted octanol–water partition coefficient (Wildman–Crippen LogP) is 1.96. The van der Waals surface area contributed by atoms with Crippen LogP contribution in [0.2, 0.25) is 0 Å². The summed E-state index contributed by atoms with van der Waals surface area (Å²) in [6.45, 7) is 0. The molecule has 1 spiro atoms. The Morgan fingerprint density at radius 1 is 0.947 bits per heavy atom. The summed E-state index contributed by atoms with van der Waals surface area (Å²) in [7, 11) is 0. The number of amides is 4. The molecule has 1 aliphatic heterocycles. The molecular formula is C14H20N2O3. The molecule has 0 radical (unpaired) electrons. The van der Waals surface area contributed by atoms with E-state index in [2.05, 4.69) is 5.32 Å². The van der Waals surface area contributed by atoms with Crippen LogP contribution in [0, 0.1) is 5.41 Å². The Kier molecular flexibility index (Phi) is 3.07. The summed E-state index contributed by atoms with van der Waals surface area (Å²) in [4.78, 5) is 37.9. The number of urea groups is 1. The van der Waals surface area contributed by atoms with Crippen LogP contribution in [0.1, 0.15) is 57.8 Å². The number of hydrogen-bond acceptors (Lipinski definition) is 3. The van der Waals surface area contributed by atoms with E-state index < -0.39 is 11.4 Å². The lowest BCUT2D eigenvalue weighted by molar-refractivity contribution is -0.159. The molecule has 0 aromatic heterocycles. The van der Waals surface area contributed by atoms with Gasteiger partial charge in [0.25, 0.3) is 0 Å². The van der Waals surface area contributed by atoms with Gasteiger partial charge in [-0.15, -0.1) is 0 Å². The molecule has 19 heavy (non-hydrogen) atoms. The summed E-state index contributed by atoms with van der Waals surface area (Å²) in [5, 5.41) is 2.40. The van der Waals surface area contributed by atoms with Crippen LogP contribution < -0.4 is 5.32 Å². The zero-order valence-electron chi connectivity index (χ0n) is 11.1. The third-order valence-corrected chi connectivity index (χ3v) is 4.90. The molecule has 0 unspecified atom stereocenters. The second-order valence-corrected chi connectivity index (χ2v) is 6.02. The second-order valence-electron chi connectivity index (χ2n) is 6.02. The van der Waals surface area contributed by atoms with Crippen molar-refractivity contribution in [3.63, 3.8) is 0 Å². The Bertz CT molecular complexity index is 420. The van der Waals surface area contributed by atoms with Gasteiger partial charge >= 0.3 is 6.03 Å². The van der Waals surface area contributed by atoms with E-state index in [1.165, 1.54) is 17.7 Å². The number of hydrogen-bond donors (Lipinski definition) is 1. The van der Waals surface area contributed by atoms with E-state index in [1.54, 1.807) is 0 Å². The minimum atomic E-state index is -0.916. The summed E-state index contributed by atoms with van der Waals surface area (Å²) < 4.78 is 0. The van der Waals surface area contributed by atoms with Crippen molar-refractivity contribution in [3.8, 4) is 0 Å². The zero-order chi connectivity index (χ0) is 13.5. The topological polar surface area (TPSA) is 66.5 Å². The van der Waals surface area contributed by atoms with Gasteiger partial charge in [0.1, 0.15) is 5.41 Å². The van der Waals surface area contributed by atoms with Gasteiger partial charge in [-0.25, -0.2) is 4.79 Å². The van der Waals surface area contributed by atoms with Crippen LogP contribution in [0.15, 0.2) is 0 Å². The van der Waals surface area contributed by atoms with Gasteiger partial charge in [0.15, 0.2) is 0 Å². The maximum absolute atomic E-state index is 12.6. The van der Waals surface area contributed by atoms with E-state index in [4.69, 9.17) is 0 Å². The standard InChI is InChI=1S/C14H20N2O3/c17-11-14(8-5-9-14)12(18)16(13(19)15-11)10-6-3-1-2-4-7-10/h10H,1-9H2,(H,15,17,19). The van der Waals surface area contributed by atoms with Gasteiger partial charge in [-0.2, -0.15) is 0 Å². The quantitative estimate of drug-likeness (QED) is 0.581. The molecule has 0 aromatic carbocycles. The Morgan fingerprint density at radius 2 is 1.58 bits per heavy atom. The molecule has 104 valence electrons. The van der Waals surface area contributed by atoms with Crippen molar-refractivity contribution < 1.29 is 14.4 Å². The van der Waals surface area contributed by atoms with Crippen molar-refractivity contribution in [1.29, 1.82) is 0 Å². The smallest absolute Gasteiger partial charge is 0.277 e. The number of nitrogens with one attached hydrogen (secondary N) is 1. The molecule has 5 heteroatoms. The summed E-state index contributed by atoms with van der Waals surface area (Å²) in [6, 6.07) is -0.514. The van der Waals surface area contributed by atoms with E-state index in [9.17, 15) is 14.4 Å². The molecule has 1 N–H and O–H groups in total. The van der Waals surface area contributed by atoms with E-state index in [1.807, 2.05) is 0 Å². The highest BCUT2D eigenvalue weighted by Crippen LogP contribution is 2.45. The Labute approximate surface area is 112 Å². The molecule has 0 aromatic rings. The lowest BCUT2D eigenvalue weighted by Gasteiger charge is -2.46. The molecule has 2 aliphatic carbocycles. The monoisotopic (exact) mass is 264 g/mol. The van der Waals surface area contributed by atoms with Crippen molar-refractivity contribution >= 4 is 17.8 Å². The maximum atomic E-state index is 12.6. The average Bonchev–Trinajstić information content (AvgIpc) is 2.55. The average molecular weight is 264 g/mol. The van der Waals surface area contributed by atoms with Gasteiger partial charge in [-0.3, -0.25) is 19.8 Å². The summed E-state index contributed by atoms with van der Waals surface area (Å²) in [6.07, 6.45) is 8.29. The Hall–Kier alpha value is -1.39. The van der Waals surface area contributed by atoms with Gasteiger partial charge in [0, 0.05) is 6.04 Å². The second kappa shape index (κ2) is 4.62. The molecule has 0 bridgehead atoms. The minimum Gasteiger partial charge on any atom is -0.277 e. The van der Waals surface area contributed by atoms with Crippen molar-refractivity contribution in [1.82, 2.24) is 10.2 Å². The molecule has 1 heterocycles. The number of rotatable bonds is 1. The largest absolute Gasteiger partial charge is 0.331 e. The summed E-state index contributed by atoms with van der Waals surface area (Å²) in [5.41, 5.74) is -0.916. The summed E-state index contributed by atoms with van der Waals surface area (Å²) in [5.74, 6) is -0.613. The third kappa shape index (κ3) is 1.86. The maximum Gasteiger partial charge on any atom is 0.331 e. The molecular weight excluding hydrogens is 244 g/mol. The molecule has 3 aliphatic rings. The van der Waals surface area contributed by atoms with Gasteiger partial charge in [0.2, 0.25) is 11.8 Å². The number of barbiturate groups is 1. The Balaban J connectivity index is 1.84. The van der Waals surface area contributed by atoms with Crippen LogP contribution in [0.3, 0.4) is 0 Å². The van der Waals surface area contributed by atoms with Crippen molar-refractivity contribution in [3.05, 3.63) is 0 Å². The molecule has 1 saturated heterocycles. The first-order valence-corrected chi connectivity index (χ1v) is 7.34. The first-order valence-electron chi connectivity index (χ1n) is 7.34. The fourth-order valence-electron chi connectivity index (χ4n) is 3.52. The van der Waals surface area contributed by atoms with Crippen LogP contribution in [0.5, 0.6) is 0 Å². The molecule has 3 fully saturated rings. The van der Waals surface area contributed by atoms with Gasteiger partial charge in [-0.05, 0) is 25.7 Å². The first-order chi connectivity index (χ1) is 9.15. The highest BCUT2D eigenvalue weighted by Gasteiger charge is 2.58. The molecule has 2 saturated carbocycles. The third-order valence-electron chi connectivity index (χ3n) is 4.90. The number of imide groups is 2. The predicted molar refractivity (Wildman–Crippen MR) is 68.2 cm³/mol.